The van der Waals surface area contributed by atoms with Crippen LogP contribution in [0.4, 0.5) is 0 Å². The predicted octanol–water partition coefficient (Wildman–Crippen LogP) is 2.01. The lowest BCUT2D eigenvalue weighted by Crippen LogP contribution is -2.47. The molecule has 0 spiro atoms. The minimum Gasteiger partial charge on any atom is -0.241 e. The molecule has 1 rings (SSSR count). The van der Waals surface area contributed by atoms with Crippen LogP contribution < -0.4 is 5.43 Å². The summed E-state index contributed by atoms with van der Waals surface area (Å²) in [7, 11) is 0. The van der Waals surface area contributed by atoms with E-state index in [1.54, 1.807) is 0 Å². The highest BCUT2D eigenvalue weighted by atomic mass is 15.8. The lowest BCUT2D eigenvalue weighted by Gasteiger charge is -2.31. The second-order valence-corrected chi connectivity index (χ2v) is 4.05. The van der Waals surface area contributed by atoms with Gasteiger partial charge in [0.1, 0.15) is 0 Å². The first kappa shape index (κ1) is 12.0. The summed E-state index contributed by atoms with van der Waals surface area (Å²) < 4.78 is 0. The Morgan fingerprint density at radius 2 is 1.79 bits per heavy atom. The molecule has 0 aromatic rings. The molecule has 1 aliphatic rings. The Hall–Kier alpha value is -0.120. The number of nitrogens with one attached hydrogen (secondary N) is 1. The highest BCUT2D eigenvalue weighted by Crippen LogP contribution is 2.06. The molecule has 0 aliphatic carbocycles. The van der Waals surface area contributed by atoms with Crippen LogP contribution in [0.2, 0.25) is 0 Å². The highest BCUT2D eigenvalue weighted by molar-refractivity contribution is 4.62. The van der Waals surface area contributed by atoms with Crippen LogP contribution in [0.1, 0.15) is 46.0 Å². The molecule has 1 heterocycles. The number of hydrogen-bond donors (Lipinski definition) is 1. The van der Waals surface area contributed by atoms with Crippen LogP contribution >= 0.6 is 0 Å². The Morgan fingerprint density at radius 3 is 2.21 bits per heavy atom. The van der Waals surface area contributed by atoms with Gasteiger partial charge in [0.15, 0.2) is 0 Å². The fourth-order valence-electron chi connectivity index (χ4n) is 1.79. The van der Waals surface area contributed by atoms with E-state index in [9.17, 15) is 0 Å². The average Bonchev–Trinajstić information content (AvgIpc) is 2.71. The molecule has 0 atom stereocenters. The quantitative estimate of drug-likeness (QED) is 0.676. The Kier molecular flexibility index (Phi) is 6.15. The molecule has 0 radical (unpaired) electrons. The summed E-state index contributed by atoms with van der Waals surface area (Å²) >= 11 is 0. The van der Waals surface area contributed by atoms with Crippen molar-refractivity contribution >= 4 is 0 Å². The summed E-state index contributed by atoms with van der Waals surface area (Å²) in [5, 5.41) is 4.81. The summed E-state index contributed by atoms with van der Waals surface area (Å²) in [6, 6.07) is 0. The second kappa shape index (κ2) is 7.21. The molecule has 3 nitrogen and oxygen atoms in total. The third-order valence-electron chi connectivity index (χ3n) is 2.72. The third kappa shape index (κ3) is 3.95. The van der Waals surface area contributed by atoms with Crippen molar-refractivity contribution in [2.45, 2.75) is 46.0 Å². The van der Waals surface area contributed by atoms with E-state index in [1.165, 1.54) is 51.7 Å². The molecule has 1 saturated heterocycles. The summed E-state index contributed by atoms with van der Waals surface area (Å²) in [5.41, 5.74) is 3.43. The second-order valence-electron chi connectivity index (χ2n) is 4.05. The van der Waals surface area contributed by atoms with Crippen LogP contribution in [0, 0.1) is 0 Å². The van der Waals surface area contributed by atoms with E-state index >= 15 is 0 Å². The largest absolute Gasteiger partial charge is 0.241 e. The third-order valence-corrected chi connectivity index (χ3v) is 2.72. The van der Waals surface area contributed by atoms with E-state index in [4.69, 9.17) is 0 Å². The minimum absolute atomic E-state index is 1.15. The van der Waals surface area contributed by atoms with Crippen molar-refractivity contribution in [2.75, 3.05) is 26.2 Å². The Morgan fingerprint density at radius 1 is 1.14 bits per heavy atom. The number of hydrogen-bond acceptors (Lipinski definition) is 3. The average molecular weight is 199 g/mol. The molecule has 0 amide bonds. The van der Waals surface area contributed by atoms with E-state index in [0.717, 1.165) is 6.54 Å². The molecule has 1 N–H and O–H groups in total. The van der Waals surface area contributed by atoms with E-state index in [1.807, 2.05) is 0 Å². The molecule has 0 aromatic carbocycles. The smallest absolute Gasteiger partial charge is 0.0303 e. The van der Waals surface area contributed by atoms with Crippen molar-refractivity contribution in [1.82, 2.24) is 15.6 Å². The zero-order valence-electron chi connectivity index (χ0n) is 9.76. The van der Waals surface area contributed by atoms with Crippen LogP contribution in [0.3, 0.4) is 0 Å². The van der Waals surface area contributed by atoms with Crippen LogP contribution in [-0.4, -0.2) is 36.3 Å². The topological polar surface area (TPSA) is 18.5 Å². The van der Waals surface area contributed by atoms with E-state index in [-0.39, 0.29) is 0 Å². The minimum atomic E-state index is 1.15. The molecular weight excluding hydrogens is 174 g/mol. The van der Waals surface area contributed by atoms with Crippen LogP contribution in [0.25, 0.3) is 0 Å². The molecule has 0 aromatic heterocycles. The first-order chi connectivity index (χ1) is 6.88. The van der Waals surface area contributed by atoms with Gasteiger partial charge in [0, 0.05) is 26.2 Å². The molecule has 0 saturated carbocycles. The summed E-state index contributed by atoms with van der Waals surface area (Å²) in [6.45, 7) is 9.28. The summed E-state index contributed by atoms with van der Waals surface area (Å²) in [6.07, 6.45) is 6.48. The first-order valence-electron chi connectivity index (χ1n) is 6.14. The maximum atomic E-state index is 3.43. The van der Waals surface area contributed by atoms with Gasteiger partial charge in [-0.1, -0.05) is 26.7 Å². The van der Waals surface area contributed by atoms with Gasteiger partial charge in [0.25, 0.3) is 0 Å². The van der Waals surface area contributed by atoms with Crippen molar-refractivity contribution in [3.8, 4) is 0 Å². The van der Waals surface area contributed by atoms with Gasteiger partial charge in [-0.05, 0) is 19.3 Å². The molecule has 1 aliphatic heterocycles. The maximum absolute atomic E-state index is 3.43. The summed E-state index contributed by atoms with van der Waals surface area (Å²) in [4.78, 5) is 0. The van der Waals surface area contributed by atoms with E-state index in [0.29, 0.717) is 0 Å². The SMILES string of the molecule is CCCCN(CCCC)N1CCCN1. The molecular formula is C11H25N3. The number of rotatable bonds is 7. The zero-order valence-corrected chi connectivity index (χ0v) is 9.76. The molecule has 0 bridgehead atoms. The van der Waals surface area contributed by atoms with E-state index < -0.39 is 0 Å². The Bertz CT molecular complexity index is 124. The van der Waals surface area contributed by atoms with Gasteiger partial charge in [0.05, 0.1) is 0 Å². The highest BCUT2D eigenvalue weighted by Gasteiger charge is 2.17. The van der Waals surface area contributed by atoms with Gasteiger partial charge in [-0.2, -0.15) is 5.12 Å². The molecule has 84 valence electrons. The van der Waals surface area contributed by atoms with Gasteiger partial charge in [-0.25, -0.2) is 10.4 Å². The molecule has 0 unspecified atom stereocenters. The predicted molar refractivity (Wildman–Crippen MR) is 60.7 cm³/mol. The van der Waals surface area contributed by atoms with Gasteiger partial charge in [-0.15, -0.1) is 0 Å². The van der Waals surface area contributed by atoms with Crippen LogP contribution in [0.5, 0.6) is 0 Å². The molecule has 14 heavy (non-hydrogen) atoms. The first-order valence-corrected chi connectivity index (χ1v) is 6.14. The Balaban J connectivity index is 2.26. The number of hydrazine groups is 2. The molecule has 3 heteroatoms. The fraction of sp³-hybridized carbons (Fsp3) is 1.00. The van der Waals surface area contributed by atoms with Crippen LogP contribution in [0.15, 0.2) is 0 Å². The number of nitrogens with zero attached hydrogens (tertiary/aromatic N) is 2. The van der Waals surface area contributed by atoms with Crippen molar-refractivity contribution in [3.63, 3.8) is 0 Å². The standard InChI is InChI=1S/C11H25N3/c1-3-5-9-13(10-6-4-2)14-11-7-8-12-14/h12H,3-11H2,1-2H3. The van der Waals surface area contributed by atoms with Gasteiger partial charge in [0.2, 0.25) is 0 Å². The maximum Gasteiger partial charge on any atom is 0.0303 e. The number of unbranched alkanes of at least 4 members (excludes halogenated alkanes) is 2. The zero-order chi connectivity index (χ0) is 10.2. The normalized spacial score (nSPS) is 18.2. The Labute approximate surface area is 88.4 Å². The van der Waals surface area contributed by atoms with Crippen molar-refractivity contribution in [1.29, 1.82) is 0 Å². The van der Waals surface area contributed by atoms with Gasteiger partial charge >= 0.3 is 0 Å². The van der Waals surface area contributed by atoms with Crippen molar-refractivity contribution in [3.05, 3.63) is 0 Å². The lowest BCUT2D eigenvalue weighted by atomic mass is 10.3. The van der Waals surface area contributed by atoms with Gasteiger partial charge < -0.3 is 0 Å². The summed E-state index contributed by atoms with van der Waals surface area (Å²) in [5.74, 6) is 0. The fourth-order valence-corrected chi connectivity index (χ4v) is 1.79. The lowest BCUT2D eigenvalue weighted by molar-refractivity contribution is -0.0458. The van der Waals surface area contributed by atoms with Crippen molar-refractivity contribution in [2.24, 2.45) is 0 Å². The molecule has 1 fully saturated rings. The van der Waals surface area contributed by atoms with Crippen molar-refractivity contribution < 1.29 is 0 Å². The monoisotopic (exact) mass is 199 g/mol. The van der Waals surface area contributed by atoms with Gasteiger partial charge in [-0.3, -0.25) is 0 Å². The van der Waals surface area contributed by atoms with E-state index in [2.05, 4.69) is 29.4 Å². The van der Waals surface area contributed by atoms with Crippen LogP contribution in [-0.2, 0) is 0 Å².